The lowest BCUT2D eigenvalue weighted by Gasteiger charge is -1.91. The van der Waals surface area contributed by atoms with Gasteiger partial charge in [0.1, 0.15) is 5.58 Å². The number of fused-ring (bicyclic) bond motifs is 3. The van der Waals surface area contributed by atoms with Gasteiger partial charge in [-0.25, -0.2) is 4.79 Å². The van der Waals surface area contributed by atoms with E-state index in [0.29, 0.717) is 11.0 Å². The average molecular weight is 120 g/mol. The highest BCUT2D eigenvalue weighted by Gasteiger charge is 1.95. The molecule has 1 aromatic carbocycles. The first-order valence-electron chi connectivity index (χ1n) is 2.68. The first-order valence-corrected chi connectivity index (χ1v) is 2.68. The van der Waals surface area contributed by atoms with Crippen LogP contribution in [0, 0.1) is 0 Å². The molecule has 2 nitrogen and oxygen atoms in total. The molecule has 0 unspecified atom stereocenters. The van der Waals surface area contributed by atoms with Crippen LogP contribution in [-0.4, -0.2) is 0 Å². The predicted octanol–water partition coefficient (Wildman–Crippen LogP) is 1.23. The Morgan fingerprint density at radius 3 is 2.00 bits per heavy atom. The van der Waals surface area contributed by atoms with E-state index in [2.05, 4.69) is 0 Å². The maximum absolute atomic E-state index is 10.7. The van der Waals surface area contributed by atoms with Gasteiger partial charge in [0.05, 0.1) is 5.39 Å². The summed E-state index contributed by atoms with van der Waals surface area (Å²) in [6, 6.07) is 7.05. The summed E-state index contributed by atoms with van der Waals surface area (Å²) in [7, 11) is 0. The fraction of sp³-hybridized carbons (Fsp3) is 0. The highest BCUT2D eigenvalue weighted by molar-refractivity contribution is 5.59. The highest BCUT2D eigenvalue weighted by atomic mass is 16.4. The van der Waals surface area contributed by atoms with Gasteiger partial charge in [0.15, 0.2) is 0 Å². The van der Waals surface area contributed by atoms with Crippen LogP contribution in [0.1, 0.15) is 0 Å². The molecule has 0 aliphatic heterocycles. The fourth-order valence-corrected chi connectivity index (χ4v) is 0.825. The Morgan fingerprint density at radius 1 is 1.11 bits per heavy atom. The Bertz CT molecular complexity index is 341. The summed E-state index contributed by atoms with van der Waals surface area (Å²) in [6.07, 6.45) is 0. The summed E-state index contributed by atoms with van der Waals surface area (Å²) in [5.41, 5.74) is 0.394. The van der Waals surface area contributed by atoms with Crippen molar-refractivity contribution in [3.8, 4) is 0 Å². The molecular formula is C7H4O2. The van der Waals surface area contributed by atoms with Crippen LogP contribution < -0.4 is 5.63 Å². The van der Waals surface area contributed by atoms with Gasteiger partial charge < -0.3 is 4.42 Å². The SMILES string of the molecule is O=c1oc2ccc1cc2. The summed E-state index contributed by atoms with van der Waals surface area (Å²) in [4.78, 5) is 10.7. The molecule has 0 atom stereocenters. The van der Waals surface area contributed by atoms with Gasteiger partial charge in [0, 0.05) is 0 Å². The maximum Gasteiger partial charge on any atom is 0.343 e. The summed E-state index contributed by atoms with van der Waals surface area (Å²) in [5.74, 6) is 0. The lowest BCUT2D eigenvalue weighted by molar-refractivity contribution is 0.562. The van der Waals surface area contributed by atoms with Crippen molar-refractivity contribution in [1.29, 1.82) is 0 Å². The van der Waals surface area contributed by atoms with Gasteiger partial charge in [-0.3, -0.25) is 0 Å². The van der Waals surface area contributed by atoms with E-state index in [0.717, 1.165) is 0 Å². The Kier molecular flexibility index (Phi) is 0.681. The molecule has 0 N–H and O–H groups in total. The molecule has 0 spiro atoms. The van der Waals surface area contributed by atoms with E-state index in [4.69, 9.17) is 4.42 Å². The maximum atomic E-state index is 10.7. The van der Waals surface area contributed by atoms with Gasteiger partial charge in [-0.15, -0.1) is 0 Å². The van der Waals surface area contributed by atoms with Crippen molar-refractivity contribution < 1.29 is 4.42 Å². The van der Waals surface area contributed by atoms with Crippen LogP contribution in [0.4, 0.5) is 0 Å². The smallest absolute Gasteiger partial charge is 0.343 e. The minimum absolute atomic E-state index is 0.241. The molecule has 0 radical (unpaired) electrons. The zero-order valence-corrected chi connectivity index (χ0v) is 4.63. The molecule has 0 amide bonds. The summed E-state index contributed by atoms with van der Waals surface area (Å²) in [5, 5.41) is 0.630. The standard InChI is InChI=1S/C7H4O2/c8-7-5-1-3-6(9-7)4-2-5/h1-4H. The number of benzene rings is 1. The van der Waals surface area contributed by atoms with E-state index in [1.807, 2.05) is 0 Å². The van der Waals surface area contributed by atoms with Crippen LogP contribution in [0.15, 0.2) is 33.5 Å². The second kappa shape index (κ2) is 1.35. The largest absolute Gasteiger partial charge is 0.423 e. The third-order valence-electron chi connectivity index (χ3n) is 1.30. The van der Waals surface area contributed by atoms with E-state index >= 15 is 0 Å². The van der Waals surface area contributed by atoms with E-state index in [1.165, 1.54) is 0 Å². The van der Waals surface area contributed by atoms with E-state index in [9.17, 15) is 4.79 Å². The second-order valence-corrected chi connectivity index (χ2v) is 1.91. The molecule has 44 valence electrons. The molecule has 0 aliphatic rings. The second-order valence-electron chi connectivity index (χ2n) is 1.91. The van der Waals surface area contributed by atoms with E-state index in [1.54, 1.807) is 24.3 Å². The van der Waals surface area contributed by atoms with Crippen LogP contribution in [0.2, 0.25) is 0 Å². The molecule has 2 bridgehead atoms. The molecule has 0 aliphatic carbocycles. The Labute approximate surface area is 51.1 Å². The van der Waals surface area contributed by atoms with Crippen LogP contribution in [0.3, 0.4) is 0 Å². The van der Waals surface area contributed by atoms with Crippen molar-refractivity contribution in [2.75, 3.05) is 0 Å². The Balaban J connectivity index is 3.16. The van der Waals surface area contributed by atoms with Crippen molar-refractivity contribution in [2.45, 2.75) is 0 Å². The van der Waals surface area contributed by atoms with Crippen molar-refractivity contribution in [3.63, 3.8) is 0 Å². The van der Waals surface area contributed by atoms with Gasteiger partial charge in [0.25, 0.3) is 0 Å². The molecule has 0 fully saturated rings. The predicted molar refractivity (Wildman–Crippen MR) is 33.7 cm³/mol. The zero-order valence-electron chi connectivity index (χ0n) is 4.63. The molecule has 0 saturated heterocycles. The number of hydrogen-bond donors (Lipinski definition) is 0. The first kappa shape index (κ1) is 4.56. The molecule has 2 heterocycles. The van der Waals surface area contributed by atoms with Crippen molar-refractivity contribution >= 4 is 11.0 Å². The number of hydrogen-bond acceptors (Lipinski definition) is 2. The monoisotopic (exact) mass is 120 g/mol. The molecule has 2 heteroatoms. The topological polar surface area (TPSA) is 30.2 Å². The minimum Gasteiger partial charge on any atom is -0.423 e. The molecular weight excluding hydrogens is 116 g/mol. The van der Waals surface area contributed by atoms with Gasteiger partial charge >= 0.3 is 5.63 Å². The highest BCUT2D eigenvalue weighted by Crippen LogP contribution is 2.04. The quantitative estimate of drug-likeness (QED) is 0.523. The van der Waals surface area contributed by atoms with Gasteiger partial charge in [-0.1, -0.05) is 0 Å². The van der Waals surface area contributed by atoms with Crippen molar-refractivity contribution in [1.82, 2.24) is 0 Å². The fourth-order valence-electron chi connectivity index (χ4n) is 0.825. The summed E-state index contributed by atoms with van der Waals surface area (Å²) < 4.78 is 4.75. The Morgan fingerprint density at radius 2 is 1.78 bits per heavy atom. The van der Waals surface area contributed by atoms with Gasteiger partial charge in [-0.2, -0.15) is 0 Å². The lowest BCUT2D eigenvalue weighted by Crippen LogP contribution is -1.98. The molecule has 3 aromatic rings. The van der Waals surface area contributed by atoms with Crippen LogP contribution in [0.5, 0.6) is 0 Å². The third kappa shape index (κ3) is 0.528. The van der Waals surface area contributed by atoms with Crippen LogP contribution in [-0.2, 0) is 0 Å². The van der Waals surface area contributed by atoms with Crippen molar-refractivity contribution in [2.24, 2.45) is 0 Å². The Hall–Kier alpha value is -1.31. The average Bonchev–Trinajstić information content (AvgIpc) is 1.90. The summed E-state index contributed by atoms with van der Waals surface area (Å²) >= 11 is 0. The van der Waals surface area contributed by atoms with E-state index in [-0.39, 0.29) is 5.63 Å². The normalized spacial score (nSPS) is 10.7. The lowest BCUT2D eigenvalue weighted by atomic mass is 10.2. The zero-order chi connectivity index (χ0) is 6.27. The molecule has 3 rings (SSSR count). The minimum atomic E-state index is -0.241. The summed E-state index contributed by atoms with van der Waals surface area (Å²) in [6.45, 7) is 0. The van der Waals surface area contributed by atoms with E-state index < -0.39 is 0 Å². The van der Waals surface area contributed by atoms with Crippen molar-refractivity contribution in [3.05, 3.63) is 34.7 Å². The van der Waals surface area contributed by atoms with Gasteiger partial charge in [-0.05, 0) is 24.3 Å². The third-order valence-corrected chi connectivity index (χ3v) is 1.30. The molecule has 0 saturated carbocycles. The van der Waals surface area contributed by atoms with Crippen LogP contribution >= 0.6 is 0 Å². The molecule has 2 aromatic heterocycles. The van der Waals surface area contributed by atoms with Gasteiger partial charge in [0.2, 0.25) is 0 Å². The van der Waals surface area contributed by atoms with Crippen LogP contribution in [0.25, 0.3) is 11.0 Å². The first-order chi connectivity index (χ1) is 4.36. The molecule has 9 heavy (non-hydrogen) atoms. The number of rotatable bonds is 0.